The van der Waals surface area contributed by atoms with E-state index in [1.807, 2.05) is 0 Å². The van der Waals surface area contributed by atoms with E-state index in [0.29, 0.717) is 0 Å². The summed E-state index contributed by atoms with van der Waals surface area (Å²) in [5, 5.41) is 2.93. The molecule has 0 spiro atoms. The van der Waals surface area contributed by atoms with E-state index in [2.05, 4.69) is 10.3 Å². The largest absolute Gasteiger partial charge is 1.00 e. The van der Waals surface area contributed by atoms with Gasteiger partial charge >= 0.3 is 118 Å². The number of nitrogens with one attached hydrogen (secondary N) is 1. The number of aliphatic imine (C=N–C) groups is 1. The zero-order chi connectivity index (χ0) is 8.04. The second-order valence-electron chi connectivity index (χ2n) is 1.49. The van der Waals surface area contributed by atoms with E-state index in [0.717, 1.165) is 13.1 Å². The SMILES string of the molecule is C1=NCCN1.[Na+].[Na+].[Na+].[Na+].[O-][Si]([O-])([O-])[O-]. The fourth-order valence-corrected chi connectivity index (χ4v) is 0.323. The molecule has 0 saturated carbocycles. The van der Waals surface area contributed by atoms with E-state index < -0.39 is 9.05 Å². The molecule has 0 aromatic heterocycles. The van der Waals surface area contributed by atoms with Gasteiger partial charge in [0.05, 0.1) is 12.9 Å². The molecule has 0 saturated heterocycles. The maximum Gasteiger partial charge on any atom is 1.00 e. The van der Waals surface area contributed by atoms with Gasteiger partial charge in [-0.15, -0.1) is 0 Å². The van der Waals surface area contributed by atoms with Crippen molar-refractivity contribution in [3.8, 4) is 0 Å². The molecule has 14 heavy (non-hydrogen) atoms. The van der Waals surface area contributed by atoms with E-state index in [-0.39, 0.29) is 118 Å². The molecule has 0 unspecified atom stereocenters. The van der Waals surface area contributed by atoms with Gasteiger partial charge < -0.3 is 33.5 Å². The van der Waals surface area contributed by atoms with Crippen LogP contribution in [0.15, 0.2) is 4.99 Å². The van der Waals surface area contributed by atoms with Gasteiger partial charge in [0.25, 0.3) is 0 Å². The van der Waals surface area contributed by atoms with Crippen LogP contribution in [0, 0.1) is 0 Å². The molecule has 6 nitrogen and oxygen atoms in total. The van der Waals surface area contributed by atoms with Crippen LogP contribution >= 0.6 is 0 Å². The van der Waals surface area contributed by atoms with Gasteiger partial charge in [-0.3, -0.25) is 4.99 Å². The van der Waals surface area contributed by atoms with Crippen molar-refractivity contribution in [1.29, 1.82) is 0 Å². The smallest absolute Gasteiger partial charge is 0.894 e. The van der Waals surface area contributed by atoms with E-state index in [1.165, 1.54) is 0 Å². The van der Waals surface area contributed by atoms with Gasteiger partial charge in [-0.05, 0) is 0 Å². The summed E-state index contributed by atoms with van der Waals surface area (Å²) >= 11 is 0. The second-order valence-corrected chi connectivity index (χ2v) is 2.49. The van der Waals surface area contributed by atoms with Gasteiger partial charge in [0.2, 0.25) is 0 Å². The first kappa shape index (κ1) is 30.5. The fraction of sp³-hybridized carbons (Fsp3) is 0.667. The van der Waals surface area contributed by atoms with Crippen LogP contribution in [0.1, 0.15) is 0 Å². The van der Waals surface area contributed by atoms with Gasteiger partial charge in [-0.1, -0.05) is 0 Å². The maximum atomic E-state index is 8.58. The van der Waals surface area contributed by atoms with Crippen molar-refractivity contribution >= 4 is 15.4 Å². The summed E-state index contributed by atoms with van der Waals surface area (Å²) in [4.78, 5) is 38.2. The number of rotatable bonds is 0. The van der Waals surface area contributed by atoms with Crippen molar-refractivity contribution in [3.05, 3.63) is 0 Å². The van der Waals surface area contributed by atoms with Crippen LogP contribution < -0.4 is 143 Å². The first-order chi connectivity index (χ1) is 4.50. The average Bonchev–Trinajstić information content (AvgIpc) is 2.07. The third kappa shape index (κ3) is 45.1. The molecule has 11 heteroatoms. The Bertz CT molecular complexity index is 112. The molecule has 0 bridgehead atoms. The molecule has 0 aromatic rings. The molecular weight excluding hydrogens is 248 g/mol. The van der Waals surface area contributed by atoms with Crippen molar-refractivity contribution < 1.29 is 137 Å². The average molecular weight is 254 g/mol. The molecule has 0 atom stereocenters. The first-order valence-electron chi connectivity index (χ1n) is 2.53. The minimum Gasteiger partial charge on any atom is -0.894 e. The number of hydrogen-bond acceptors (Lipinski definition) is 6. The Morgan fingerprint density at radius 2 is 1.36 bits per heavy atom. The molecular formula is C3H6N2Na4O4Si. The maximum absolute atomic E-state index is 8.58. The topological polar surface area (TPSA) is 117 Å². The van der Waals surface area contributed by atoms with Crippen LogP contribution in [0.4, 0.5) is 0 Å². The minimum atomic E-state index is -5.61. The summed E-state index contributed by atoms with van der Waals surface area (Å²) in [5.41, 5.74) is 0. The predicted molar refractivity (Wildman–Crippen MR) is 27.1 cm³/mol. The van der Waals surface area contributed by atoms with E-state index >= 15 is 0 Å². The third-order valence-corrected chi connectivity index (χ3v) is 0.568. The summed E-state index contributed by atoms with van der Waals surface area (Å²) in [7, 11) is -5.61. The molecule has 1 rings (SSSR count). The number of hydrogen-bond donors (Lipinski definition) is 1. The molecule has 1 N–H and O–H groups in total. The summed E-state index contributed by atoms with van der Waals surface area (Å²) in [5.74, 6) is 0. The fourth-order valence-electron chi connectivity index (χ4n) is 0.323. The summed E-state index contributed by atoms with van der Waals surface area (Å²) in [6.45, 7) is 1.99. The molecule has 0 aromatic carbocycles. The van der Waals surface area contributed by atoms with Crippen LogP contribution in [0.25, 0.3) is 0 Å². The monoisotopic (exact) mass is 254 g/mol. The van der Waals surface area contributed by atoms with Crippen molar-refractivity contribution in [3.63, 3.8) is 0 Å². The molecule has 0 amide bonds. The van der Waals surface area contributed by atoms with Gasteiger partial charge in [0.1, 0.15) is 0 Å². The van der Waals surface area contributed by atoms with Crippen LogP contribution in [-0.2, 0) is 0 Å². The third-order valence-electron chi connectivity index (χ3n) is 0.568. The predicted octanol–water partition coefficient (Wildman–Crippen LogP) is -17.5. The van der Waals surface area contributed by atoms with Crippen molar-refractivity contribution in [2.45, 2.75) is 0 Å². The molecule has 0 fully saturated rings. The minimum absolute atomic E-state index is 0. The van der Waals surface area contributed by atoms with Crippen molar-refractivity contribution in [2.75, 3.05) is 13.1 Å². The Morgan fingerprint density at radius 3 is 1.43 bits per heavy atom. The Kier molecular flexibility index (Phi) is 41.1. The molecule has 60 valence electrons. The molecule has 0 aliphatic carbocycles. The standard InChI is InChI=1S/C3H6N2.4Na.O4Si/c1-2-5-3-4-1;;;;;1-5(2,3)4/h3H,1-2H2,(H,4,5);;;;;/q;4*+1;-4. The van der Waals surface area contributed by atoms with Gasteiger partial charge in [-0.25, -0.2) is 0 Å². The normalized spacial score (nSPS) is 11.1. The molecule has 0 radical (unpaired) electrons. The summed E-state index contributed by atoms with van der Waals surface area (Å²) in [6, 6.07) is 0. The number of nitrogens with zero attached hydrogens (tertiary/aromatic N) is 1. The zero-order valence-corrected chi connectivity index (χ0v) is 18.1. The molecule has 1 aliphatic rings. The molecule has 1 heterocycles. The second kappa shape index (κ2) is 18.9. The summed E-state index contributed by atoms with van der Waals surface area (Å²) in [6.07, 6.45) is 1.74. The Labute approximate surface area is 173 Å². The van der Waals surface area contributed by atoms with E-state index in [4.69, 9.17) is 19.2 Å². The Balaban J connectivity index is -0.0000000300. The van der Waals surface area contributed by atoms with Gasteiger partial charge in [0.15, 0.2) is 0 Å². The molecule has 1 aliphatic heterocycles. The Morgan fingerprint density at radius 1 is 1.00 bits per heavy atom. The quantitative estimate of drug-likeness (QED) is 0.431. The van der Waals surface area contributed by atoms with Gasteiger partial charge in [-0.2, -0.15) is 0 Å². The Hall–Kier alpha value is 3.53. The van der Waals surface area contributed by atoms with E-state index in [1.54, 1.807) is 6.34 Å². The van der Waals surface area contributed by atoms with Crippen LogP contribution in [0.3, 0.4) is 0 Å². The summed E-state index contributed by atoms with van der Waals surface area (Å²) < 4.78 is 0. The zero-order valence-electron chi connectivity index (χ0n) is 9.07. The van der Waals surface area contributed by atoms with Crippen LogP contribution in [0.5, 0.6) is 0 Å². The van der Waals surface area contributed by atoms with E-state index in [9.17, 15) is 0 Å². The van der Waals surface area contributed by atoms with Crippen molar-refractivity contribution in [2.24, 2.45) is 4.99 Å². The van der Waals surface area contributed by atoms with Crippen molar-refractivity contribution in [1.82, 2.24) is 5.32 Å². The van der Waals surface area contributed by atoms with Gasteiger partial charge in [0, 0.05) is 6.54 Å². The van der Waals surface area contributed by atoms with Crippen LogP contribution in [-0.4, -0.2) is 28.5 Å². The first-order valence-corrected chi connectivity index (χ1v) is 4.17. The van der Waals surface area contributed by atoms with Crippen LogP contribution in [0.2, 0.25) is 0 Å².